The van der Waals surface area contributed by atoms with E-state index in [9.17, 15) is 82.1 Å². The van der Waals surface area contributed by atoms with E-state index in [0.29, 0.717) is 90.4 Å². The van der Waals surface area contributed by atoms with Crippen LogP contribution in [0.5, 0.6) is 0 Å². The van der Waals surface area contributed by atoms with Gasteiger partial charge < -0.3 is 97.4 Å². The first kappa shape index (κ1) is 120. The van der Waals surface area contributed by atoms with E-state index in [4.69, 9.17) is 53.8 Å². The number of amides is 6. The summed E-state index contributed by atoms with van der Waals surface area (Å²) < 4.78 is 42.4. The number of ether oxygens (including phenoxy) is 8. The second-order valence-corrected chi connectivity index (χ2v) is 31.0. The van der Waals surface area contributed by atoms with Crippen LogP contribution in [0, 0.1) is 11.3 Å². The van der Waals surface area contributed by atoms with E-state index in [2.05, 4.69) is 38.8 Å². The van der Waals surface area contributed by atoms with Crippen LogP contribution in [0.2, 0.25) is 0 Å². The lowest BCUT2D eigenvalue weighted by molar-refractivity contribution is -0.142. The van der Waals surface area contributed by atoms with E-state index in [1.807, 2.05) is 27.7 Å². The smallest absolute Gasteiger partial charge is 0.326 e. The summed E-state index contributed by atoms with van der Waals surface area (Å²) in [5, 5.41) is 51.7. The number of aliphatic carboxylic acids is 4. The van der Waals surface area contributed by atoms with Crippen LogP contribution in [-0.4, -0.2) is 259 Å². The van der Waals surface area contributed by atoms with Crippen molar-refractivity contribution < 1.29 is 132 Å². The van der Waals surface area contributed by atoms with Gasteiger partial charge in [-0.3, -0.25) is 62.3 Å². The third-order valence-corrected chi connectivity index (χ3v) is 18.9. The summed E-state index contributed by atoms with van der Waals surface area (Å²) >= 11 is 0. The Labute approximate surface area is 722 Å². The van der Waals surface area contributed by atoms with Gasteiger partial charge >= 0.3 is 23.9 Å². The van der Waals surface area contributed by atoms with E-state index < -0.39 is 42.0 Å². The zero-order valence-electron chi connectivity index (χ0n) is 76.1. The molecule has 0 bridgehead atoms. The third kappa shape index (κ3) is 93.2. The van der Waals surface area contributed by atoms with Crippen LogP contribution in [-0.2, 0) is 110 Å². The number of hydrogen-bond donors (Lipinski definition) is 11. The molecule has 0 spiro atoms. The minimum absolute atomic E-state index is 0. The normalized spacial score (nSPS) is 11.9. The molecular weight excluding hydrogens is 1570 g/mol. The number of rotatable bonds is 81. The lowest BCUT2D eigenvalue weighted by Crippen LogP contribution is -2.41. The molecule has 0 aromatic rings. The summed E-state index contributed by atoms with van der Waals surface area (Å²) in [6.45, 7) is 18.6. The highest BCUT2D eigenvalue weighted by Crippen LogP contribution is 2.16. The van der Waals surface area contributed by atoms with E-state index >= 15 is 0 Å². The quantitative estimate of drug-likeness (QED) is 0.0252. The second-order valence-electron chi connectivity index (χ2n) is 31.0. The lowest BCUT2D eigenvalue weighted by atomic mass is 9.92. The molecule has 12 N–H and O–H groups in total. The van der Waals surface area contributed by atoms with E-state index in [-0.39, 0.29) is 208 Å². The monoisotopic (exact) mass is 1740 g/mol. The molecule has 121 heavy (non-hydrogen) atoms. The molecular formula is C87H160N7O27-. The molecule has 6 amide bonds. The highest BCUT2D eigenvalue weighted by Gasteiger charge is 2.23. The van der Waals surface area contributed by atoms with Crippen LogP contribution in [0.15, 0.2) is 0 Å². The Balaban J connectivity index is -0.000000624. The topological polar surface area (TPSA) is 509 Å². The Bertz CT molecular complexity index is 2760. The maximum atomic E-state index is 12.2. The summed E-state index contributed by atoms with van der Waals surface area (Å²) in [6, 6.07) is -2.70. The third-order valence-electron chi connectivity index (χ3n) is 18.9. The van der Waals surface area contributed by atoms with Crippen LogP contribution in [0.25, 0.3) is 0 Å². The maximum Gasteiger partial charge on any atom is 0.326 e. The number of likely N-dealkylation sites (N-methyl/N-ethyl adjacent to an activating group) is 1. The van der Waals surface area contributed by atoms with Crippen molar-refractivity contribution in [2.24, 2.45) is 17.1 Å². The molecule has 0 aliphatic heterocycles. The van der Waals surface area contributed by atoms with Crippen molar-refractivity contribution in [2.45, 2.75) is 324 Å². The zero-order chi connectivity index (χ0) is 91.4. The van der Waals surface area contributed by atoms with E-state index in [1.165, 1.54) is 33.2 Å². The summed E-state index contributed by atoms with van der Waals surface area (Å²) in [7, 11) is 1.52. The highest BCUT2D eigenvalue weighted by atomic mass is 16.5. The SMILES string of the molecule is CC(=O)C(C)(C)C.CC(=O)[C@@H](N)CCCCNC(=O)COCCOCCCC(=O)COCCOCCNC(=O)CC[C@H](NC(=O)CCCCCCCCCCCCC(=O)O)C(=O)O.CCCCC[C@H](C)C(C)=O.CNC(=O)COCCOCCNC(=O)COCCOCCCC(=O)CC[C@H](NC(=O)CCCCCCCCCCCCC(=O)O)C(=O)O.[H-]. The standard InChI is InChI=1S/C39H70N4O13.C33H59N3O12.C9H18O.C6H12O.H/c1-31(44)33(40)16-12-13-21-41-37(48)30-56-28-25-53-23-14-15-32(45)29-55-27-26-54-24-22-42-35(46)20-19-34(39(51)52)43-36(47)17-10-8-6-4-2-3-5-7-9-11-18-38(49)50;1-34-30(39)25-47-24-22-46-20-18-35-31(40)26-48-23-21-45-19-12-13-27(37)16-17-28(33(43)44)36-29(38)14-10-8-6-4-2-3-5-7-9-11-15-32(41)42;1-4-5-6-7-8(2)9(3)10;1-5(7)6(2,3)4;/h33-34H,2-30,40H2,1H3,(H,41,48)(H,42,46)(H,43,47)(H,49,50)(H,51,52);28H,2-26H2,1H3,(H,34,39)(H,35,40)(H,36,38)(H,41,42)(H,43,44);8H,4-7H2,1-3H3;1-4H3;/q;;;;-1/t33-,34-;28-;8-;;/m000../s1. The Morgan fingerprint density at radius 3 is 1.04 bits per heavy atom. The summed E-state index contributed by atoms with van der Waals surface area (Å²) in [6.07, 6.45) is 28.7. The van der Waals surface area contributed by atoms with Gasteiger partial charge in [0.25, 0.3) is 0 Å². The van der Waals surface area contributed by atoms with Crippen molar-refractivity contribution in [1.82, 2.24) is 31.9 Å². The molecule has 0 fully saturated rings. The molecule has 0 saturated heterocycles. The molecule has 0 aromatic carbocycles. The summed E-state index contributed by atoms with van der Waals surface area (Å²) in [5.74, 6) is -4.96. The van der Waals surface area contributed by atoms with Gasteiger partial charge in [-0.2, -0.15) is 0 Å². The minimum Gasteiger partial charge on any atom is -1.00 e. The summed E-state index contributed by atoms with van der Waals surface area (Å²) in [4.78, 5) is 172. The molecule has 0 saturated carbocycles. The summed E-state index contributed by atoms with van der Waals surface area (Å²) in [5.41, 5.74) is 5.53. The van der Waals surface area contributed by atoms with Crippen LogP contribution < -0.4 is 37.6 Å². The van der Waals surface area contributed by atoms with Crippen LogP contribution in [0.4, 0.5) is 0 Å². The molecule has 0 heterocycles. The van der Waals surface area contributed by atoms with Crippen molar-refractivity contribution in [1.29, 1.82) is 0 Å². The number of carboxylic acid groups (broad SMARTS) is 4. The number of nitrogens with two attached hydrogens (primary N) is 1. The number of carbonyl (C=O) groups excluding carboxylic acids is 11. The molecule has 0 aromatic heterocycles. The van der Waals surface area contributed by atoms with Crippen LogP contribution in [0.1, 0.15) is 307 Å². The predicted octanol–water partition coefficient (Wildman–Crippen LogP) is 9.74. The Morgan fingerprint density at radius 2 is 0.669 bits per heavy atom. The van der Waals surface area contributed by atoms with Gasteiger partial charge in [-0.15, -0.1) is 0 Å². The number of Topliss-reactive ketones (excluding diaryl/α,β-unsaturated/α-hetero) is 5. The van der Waals surface area contributed by atoms with Gasteiger partial charge in [0.15, 0.2) is 5.78 Å². The van der Waals surface area contributed by atoms with Gasteiger partial charge in [-0.1, -0.05) is 157 Å². The molecule has 0 unspecified atom stereocenters. The Morgan fingerprint density at radius 1 is 0.331 bits per heavy atom. The fourth-order valence-corrected chi connectivity index (χ4v) is 10.7. The predicted molar refractivity (Wildman–Crippen MR) is 460 cm³/mol. The first-order valence-electron chi connectivity index (χ1n) is 44.1. The number of carbonyl (C=O) groups is 15. The first-order valence-corrected chi connectivity index (χ1v) is 44.1. The molecule has 0 rings (SSSR count). The molecule has 4 atom stereocenters. The Kier molecular flexibility index (Phi) is 85.5. The second kappa shape index (κ2) is 86.2. The van der Waals surface area contributed by atoms with Gasteiger partial charge in [0.1, 0.15) is 61.6 Å². The zero-order valence-corrected chi connectivity index (χ0v) is 75.1. The van der Waals surface area contributed by atoms with Gasteiger partial charge in [0, 0.05) is 103 Å². The number of nitrogens with one attached hydrogen (secondary N) is 6. The molecule has 34 nitrogen and oxygen atoms in total. The molecule has 0 aliphatic carbocycles. The van der Waals surface area contributed by atoms with Crippen LogP contribution in [0.3, 0.4) is 0 Å². The largest absolute Gasteiger partial charge is 1.00 e. The van der Waals surface area contributed by atoms with E-state index in [1.54, 1.807) is 13.8 Å². The number of hydrogen-bond acceptors (Lipinski definition) is 24. The van der Waals surface area contributed by atoms with Gasteiger partial charge in [-0.05, 0) is 97.8 Å². The van der Waals surface area contributed by atoms with Gasteiger partial charge in [0.2, 0.25) is 35.4 Å². The lowest BCUT2D eigenvalue weighted by Gasteiger charge is -2.14. The maximum absolute atomic E-state index is 12.2. The van der Waals surface area contributed by atoms with Gasteiger partial charge in [0.05, 0.1) is 72.1 Å². The molecule has 34 heteroatoms. The minimum atomic E-state index is -1.19. The molecule has 706 valence electrons. The van der Waals surface area contributed by atoms with Crippen molar-refractivity contribution in [2.75, 3.05) is 132 Å². The van der Waals surface area contributed by atoms with Crippen molar-refractivity contribution in [3.05, 3.63) is 0 Å². The Hall–Kier alpha value is -7.31. The van der Waals surface area contributed by atoms with E-state index in [0.717, 1.165) is 135 Å². The number of ketones is 5. The molecule has 0 aliphatic rings. The number of unbranched alkanes of at least 4 members (excludes halogenated alkanes) is 21. The van der Waals surface area contributed by atoms with Crippen molar-refractivity contribution in [3.63, 3.8) is 0 Å². The fraction of sp³-hybridized carbons (Fsp3) is 0.828. The first-order chi connectivity index (χ1) is 57.7. The highest BCUT2D eigenvalue weighted by molar-refractivity contribution is 5.86. The van der Waals surface area contributed by atoms with Crippen molar-refractivity contribution in [3.8, 4) is 0 Å². The fourth-order valence-electron chi connectivity index (χ4n) is 10.7. The molecule has 0 radical (unpaired) electrons. The average molecular weight is 1740 g/mol. The average Bonchev–Trinajstić information content (AvgIpc) is 1.79. The van der Waals surface area contributed by atoms with Crippen molar-refractivity contribution >= 4 is 88.2 Å². The number of carboxylic acids is 4. The van der Waals surface area contributed by atoms with Crippen LogP contribution >= 0.6 is 0 Å². The van der Waals surface area contributed by atoms with Gasteiger partial charge in [-0.25, -0.2) is 9.59 Å².